The number of carbonyl (C=O) groups is 1. The minimum atomic E-state index is -0.530. The van der Waals surface area contributed by atoms with Crippen molar-refractivity contribution in [1.29, 1.82) is 0 Å². The Morgan fingerprint density at radius 1 is 1.03 bits per heavy atom. The Hall–Kier alpha value is -3.35. The standard InChI is InChI=1S/C22H24N4O3/c1-16-8-6-7-11-19(16)28-17(2)21(27)25-12-14-26(15-13-25)22-23-20(29-24-22)18-9-4-3-5-10-18/h3-11,17H,12-15H2,1-2H3. The summed E-state index contributed by atoms with van der Waals surface area (Å²) in [5, 5.41) is 4.10. The highest BCUT2D eigenvalue weighted by molar-refractivity contribution is 5.81. The van der Waals surface area contributed by atoms with E-state index in [1.54, 1.807) is 6.92 Å². The molecule has 1 unspecified atom stereocenters. The Kier molecular flexibility index (Phi) is 5.46. The number of para-hydroxylation sites is 1. The lowest BCUT2D eigenvalue weighted by Gasteiger charge is -2.35. The van der Waals surface area contributed by atoms with Gasteiger partial charge in [-0.2, -0.15) is 4.98 Å². The fraction of sp³-hybridized carbons (Fsp3) is 0.318. The van der Waals surface area contributed by atoms with Crippen molar-refractivity contribution >= 4 is 11.9 Å². The first-order valence-electron chi connectivity index (χ1n) is 9.77. The summed E-state index contributed by atoms with van der Waals surface area (Å²) < 4.78 is 11.3. The highest BCUT2D eigenvalue weighted by Gasteiger charge is 2.28. The molecular weight excluding hydrogens is 368 g/mol. The number of ether oxygens (including phenoxy) is 1. The van der Waals surface area contributed by atoms with Crippen LogP contribution in [0.4, 0.5) is 5.95 Å². The van der Waals surface area contributed by atoms with Crippen LogP contribution in [0, 0.1) is 6.92 Å². The van der Waals surface area contributed by atoms with Gasteiger partial charge in [0.1, 0.15) is 5.75 Å². The molecule has 2 heterocycles. The van der Waals surface area contributed by atoms with Crippen LogP contribution in [0.1, 0.15) is 12.5 Å². The zero-order chi connectivity index (χ0) is 20.2. The molecule has 1 saturated heterocycles. The monoisotopic (exact) mass is 392 g/mol. The number of anilines is 1. The van der Waals surface area contributed by atoms with E-state index >= 15 is 0 Å². The zero-order valence-electron chi connectivity index (χ0n) is 16.6. The maximum Gasteiger partial charge on any atom is 0.266 e. The van der Waals surface area contributed by atoms with Gasteiger partial charge in [-0.3, -0.25) is 4.79 Å². The molecule has 29 heavy (non-hydrogen) atoms. The minimum Gasteiger partial charge on any atom is -0.481 e. The smallest absolute Gasteiger partial charge is 0.266 e. The van der Waals surface area contributed by atoms with Gasteiger partial charge in [-0.05, 0) is 42.8 Å². The minimum absolute atomic E-state index is 0.00834. The van der Waals surface area contributed by atoms with Gasteiger partial charge in [0, 0.05) is 31.7 Å². The number of nitrogens with zero attached hydrogens (tertiary/aromatic N) is 4. The lowest BCUT2D eigenvalue weighted by molar-refractivity contribution is -0.138. The van der Waals surface area contributed by atoms with Crippen LogP contribution in [0.3, 0.4) is 0 Å². The summed E-state index contributed by atoms with van der Waals surface area (Å²) in [6, 6.07) is 17.4. The van der Waals surface area contributed by atoms with Gasteiger partial charge >= 0.3 is 0 Å². The lowest BCUT2D eigenvalue weighted by atomic mass is 10.2. The number of rotatable bonds is 5. The van der Waals surface area contributed by atoms with Crippen LogP contribution in [0.25, 0.3) is 11.5 Å². The molecule has 7 heteroatoms. The van der Waals surface area contributed by atoms with Crippen molar-refractivity contribution in [3.63, 3.8) is 0 Å². The normalized spacial score (nSPS) is 15.2. The second kappa shape index (κ2) is 8.34. The largest absolute Gasteiger partial charge is 0.481 e. The summed E-state index contributed by atoms with van der Waals surface area (Å²) in [4.78, 5) is 21.1. The Balaban J connectivity index is 1.34. The van der Waals surface area contributed by atoms with Gasteiger partial charge in [-0.1, -0.05) is 36.4 Å². The van der Waals surface area contributed by atoms with Crippen LogP contribution in [0.15, 0.2) is 59.1 Å². The molecule has 0 saturated carbocycles. The van der Waals surface area contributed by atoms with Crippen molar-refractivity contribution in [1.82, 2.24) is 15.0 Å². The summed E-state index contributed by atoms with van der Waals surface area (Å²) in [6.45, 7) is 6.25. The molecule has 1 atom stereocenters. The zero-order valence-corrected chi connectivity index (χ0v) is 16.6. The van der Waals surface area contributed by atoms with Crippen molar-refractivity contribution in [2.24, 2.45) is 0 Å². The molecule has 0 bridgehead atoms. The van der Waals surface area contributed by atoms with Crippen molar-refractivity contribution in [3.8, 4) is 17.2 Å². The third-order valence-corrected chi connectivity index (χ3v) is 5.06. The van der Waals surface area contributed by atoms with Crippen LogP contribution in [0.5, 0.6) is 5.75 Å². The number of benzene rings is 2. The molecule has 1 aliphatic rings. The highest BCUT2D eigenvalue weighted by atomic mass is 16.5. The summed E-state index contributed by atoms with van der Waals surface area (Å²) in [5.41, 5.74) is 1.91. The fourth-order valence-corrected chi connectivity index (χ4v) is 3.36. The van der Waals surface area contributed by atoms with Gasteiger partial charge in [0.15, 0.2) is 6.10 Å². The molecule has 0 radical (unpaired) electrons. The van der Waals surface area contributed by atoms with E-state index in [4.69, 9.17) is 9.26 Å². The molecule has 1 aliphatic heterocycles. The van der Waals surface area contributed by atoms with E-state index in [1.165, 1.54) is 0 Å². The Morgan fingerprint density at radius 3 is 2.45 bits per heavy atom. The maximum absolute atomic E-state index is 12.8. The second-order valence-corrected chi connectivity index (χ2v) is 7.10. The molecule has 1 aromatic heterocycles. The summed E-state index contributed by atoms with van der Waals surface area (Å²) in [6.07, 6.45) is -0.530. The number of aryl methyl sites for hydroxylation is 1. The van der Waals surface area contributed by atoms with Crippen LogP contribution in [-0.2, 0) is 4.79 Å². The average molecular weight is 392 g/mol. The van der Waals surface area contributed by atoms with Crippen molar-refractivity contribution in [2.75, 3.05) is 31.1 Å². The Labute approximate surface area is 169 Å². The Morgan fingerprint density at radius 2 is 1.72 bits per heavy atom. The Bertz CT molecular complexity index is 965. The van der Waals surface area contributed by atoms with Gasteiger partial charge < -0.3 is 19.1 Å². The van der Waals surface area contributed by atoms with E-state index in [0.29, 0.717) is 38.0 Å². The van der Waals surface area contributed by atoms with Crippen molar-refractivity contribution < 1.29 is 14.1 Å². The first-order chi connectivity index (χ1) is 14.1. The third-order valence-electron chi connectivity index (χ3n) is 5.06. The van der Waals surface area contributed by atoms with Crippen LogP contribution in [0.2, 0.25) is 0 Å². The molecule has 1 fully saturated rings. The van der Waals surface area contributed by atoms with E-state index in [1.807, 2.05) is 71.3 Å². The predicted octanol–water partition coefficient (Wildman–Crippen LogP) is 3.16. The molecule has 2 aromatic carbocycles. The van der Waals surface area contributed by atoms with Crippen LogP contribution >= 0.6 is 0 Å². The van der Waals surface area contributed by atoms with Crippen molar-refractivity contribution in [2.45, 2.75) is 20.0 Å². The highest BCUT2D eigenvalue weighted by Crippen LogP contribution is 2.22. The molecule has 4 rings (SSSR count). The van der Waals surface area contributed by atoms with Gasteiger partial charge in [0.25, 0.3) is 17.7 Å². The lowest BCUT2D eigenvalue weighted by Crippen LogP contribution is -2.52. The van der Waals surface area contributed by atoms with Gasteiger partial charge in [0.2, 0.25) is 0 Å². The molecular formula is C22H24N4O3. The molecule has 150 valence electrons. The second-order valence-electron chi connectivity index (χ2n) is 7.10. The number of aromatic nitrogens is 2. The summed E-state index contributed by atoms with van der Waals surface area (Å²) in [5.74, 6) is 1.79. The van der Waals surface area contributed by atoms with E-state index in [0.717, 1.165) is 16.9 Å². The van der Waals surface area contributed by atoms with E-state index in [9.17, 15) is 4.79 Å². The van der Waals surface area contributed by atoms with Crippen LogP contribution in [-0.4, -0.2) is 53.2 Å². The molecule has 0 spiro atoms. The molecule has 0 aliphatic carbocycles. The molecule has 7 nitrogen and oxygen atoms in total. The third kappa shape index (κ3) is 4.23. The van der Waals surface area contributed by atoms with Crippen LogP contribution < -0.4 is 9.64 Å². The maximum atomic E-state index is 12.8. The topological polar surface area (TPSA) is 71.7 Å². The number of amides is 1. The number of piperazine rings is 1. The fourth-order valence-electron chi connectivity index (χ4n) is 3.36. The molecule has 0 N–H and O–H groups in total. The van der Waals surface area contributed by atoms with Gasteiger partial charge in [-0.15, -0.1) is 0 Å². The SMILES string of the molecule is Cc1ccccc1OC(C)C(=O)N1CCN(c2noc(-c3ccccc3)n2)CC1. The molecule has 1 amide bonds. The number of carbonyl (C=O) groups excluding carboxylic acids is 1. The van der Waals surface area contributed by atoms with Gasteiger partial charge in [0.05, 0.1) is 0 Å². The first kappa shape index (κ1) is 19.0. The average Bonchev–Trinajstić information content (AvgIpc) is 3.26. The number of hydrogen-bond donors (Lipinski definition) is 0. The van der Waals surface area contributed by atoms with Crippen molar-refractivity contribution in [3.05, 3.63) is 60.2 Å². The van der Waals surface area contributed by atoms with Gasteiger partial charge in [-0.25, -0.2) is 0 Å². The van der Waals surface area contributed by atoms with E-state index in [-0.39, 0.29) is 5.91 Å². The summed E-state index contributed by atoms with van der Waals surface area (Å²) in [7, 11) is 0. The summed E-state index contributed by atoms with van der Waals surface area (Å²) >= 11 is 0. The molecule has 3 aromatic rings. The first-order valence-corrected chi connectivity index (χ1v) is 9.77. The number of hydrogen-bond acceptors (Lipinski definition) is 6. The predicted molar refractivity (Wildman–Crippen MR) is 110 cm³/mol. The van der Waals surface area contributed by atoms with E-state index in [2.05, 4.69) is 10.1 Å². The van der Waals surface area contributed by atoms with E-state index < -0.39 is 6.10 Å². The quantitative estimate of drug-likeness (QED) is 0.664.